The number of halogens is 1. The zero-order valence-corrected chi connectivity index (χ0v) is 14.3. The number of hydrogen-bond donors (Lipinski definition) is 0. The molecule has 1 aromatic carbocycles. The molecule has 0 N–H and O–H groups in total. The van der Waals surface area contributed by atoms with E-state index in [0.717, 1.165) is 48.4 Å². The Labute approximate surface area is 147 Å². The van der Waals surface area contributed by atoms with Crippen LogP contribution in [-0.2, 0) is 4.74 Å². The molecular formula is C18H21ClN4O. The normalized spacial score (nSPS) is 21.3. The highest BCUT2D eigenvalue weighted by molar-refractivity contribution is 6.30. The van der Waals surface area contributed by atoms with Crippen LogP contribution in [0.15, 0.2) is 36.7 Å². The summed E-state index contributed by atoms with van der Waals surface area (Å²) in [7, 11) is 0. The summed E-state index contributed by atoms with van der Waals surface area (Å²) in [6.07, 6.45) is 4.21. The largest absolute Gasteiger partial charge is 0.370 e. The maximum atomic E-state index is 5.98. The van der Waals surface area contributed by atoms with Crippen molar-refractivity contribution >= 4 is 23.2 Å². The van der Waals surface area contributed by atoms with E-state index < -0.39 is 0 Å². The van der Waals surface area contributed by atoms with Crippen LogP contribution in [0.3, 0.4) is 0 Å². The molecule has 2 aliphatic heterocycles. The fraction of sp³-hybridized carbons (Fsp3) is 0.444. The van der Waals surface area contributed by atoms with Crippen molar-refractivity contribution in [2.24, 2.45) is 0 Å². The Balaban J connectivity index is 1.51. The summed E-state index contributed by atoms with van der Waals surface area (Å²) < 4.78 is 5.95. The molecule has 4 rings (SSSR count). The van der Waals surface area contributed by atoms with Gasteiger partial charge in [-0.1, -0.05) is 23.7 Å². The van der Waals surface area contributed by atoms with E-state index in [1.165, 1.54) is 12.8 Å². The van der Waals surface area contributed by atoms with Crippen LogP contribution in [0.5, 0.6) is 0 Å². The summed E-state index contributed by atoms with van der Waals surface area (Å²) in [4.78, 5) is 13.6. The van der Waals surface area contributed by atoms with Gasteiger partial charge in [0, 0.05) is 37.3 Å². The smallest absolute Gasteiger partial charge is 0.134 e. The second-order valence-electron chi connectivity index (χ2n) is 6.29. The van der Waals surface area contributed by atoms with Crippen molar-refractivity contribution in [1.29, 1.82) is 0 Å². The van der Waals surface area contributed by atoms with E-state index in [1.54, 1.807) is 6.33 Å². The van der Waals surface area contributed by atoms with E-state index >= 15 is 0 Å². The summed E-state index contributed by atoms with van der Waals surface area (Å²) in [5.41, 5.74) is 1.15. The Bertz CT molecular complexity index is 688. The molecular weight excluding hydrogens is 324 g/mol. The van der Waals surface area contributed by atoms with Crippen LogP contribution < -0.4 is 9.80 Å². The van der Waals surface area contributed by atoms with Gasteiger partial charge in [0.25, 0.3) is 0 Å². The van der Waals surface area contributed by atoms with Crippen LogP contribution in [0.25, 0.3) is 0 Å². The summed E-state index contributed by atoms with van der Waals surface area (Å²) in [5, 5.41) is 0.748. The lowest BCUT2D eigenvalue weighted by atomic mass is 10.1. The fourth-order valence-corrected chi connectivity index (χ4v) is 3.49. The van der Waals surface area contributed by atoms with Gasteiger partial charge in [-0.05, 0) is 30.5 Å². The third-order valence-electron chi connectivity index (χ3n) is 4.70. The highest BCUT2D eigenvalue weighted by Crippen LogP contribution is 2.28. The molecule has 0 saturated carbocycles. The number of rotatable bonds is 3. The Morgan fingerprint density at radius 3 is 2.42 bits per heavy atom. The Morgan fingerprint density at radius 1 is 0.958 bits per heavy atom. The third-order valence-corrected chi connectivity index (χ3v) is 4.95. The van der Waals surface area contributed by atoms with Gasteiger partial charge in [0.15, 0.2) is 0 Å². The molecule has 24 heavy (non-hydrogen) atoms. The number of nitrogens with zero attached hydrogens (tertiary/aromatic N) is 4. The standard InChI is InChI=1S/C18H21ClN4O/c19-15-5-3-14(4-6-15)16-12-23(9-10-24-16)18-11-17(20-13-21-18)22-7-1-2-8-22/h3-6,11,13,16H,1-2,7-10,12H2. The molecule has 1 aromatic heterocycles. The zero-order chi connectivity index (χ0) is 16.4. The Hall–Kier alpha value is -1.85. The van der Waals surface area contributed by atoms with Gasteiger partial charge in [0.1, 0.15) is 24.1 Å². The molecule has 2 saturated heterocycles. The molecule has 6 heteroatoms. The average Bonchev–Trinajstić information content (AvgIpc) is 3.17. The number of ether oxygens (including phenoxy) is 1. The molecule has 1 atom stereocenters. The molecule has 2 aromatic rings. The molecule has 5 nitrogen and oxygen atoms in total. The molecule has 126 valence electrons. The minimum Gasteiger partial charge on any atom is -0.370 e. The molecule has 2 aliphatic rings. The molecule has 0 radical (unpaired) electrons. The van der Waals surface area contributed by atoms with Gasteiger partial charge < -0.3 is 14.5 Å². The van der Waals surface area contributed by atoms with Crippen molar-refractivity contribution in [1.82, 2.24) is 9.97 Å². The van der Waals surface area contributed by atoms with Crippen LogP contribution in [-0.4, -0.2) is 42.8 Å². The molecule has 3 heterocycles. The number of anilines is 2. The summed E-state index contributed by atoms with van der Waals surface area (Å²) in [5.74, 6) is 2.01. The van der Waals surface area contributed by atoms with Crippen LogP contribution in [0.2, 0.25) is 5.02 Å². The first-order valence-corrected chi connectivity index (χ1v) is 8.86. The van der Waals surface area contributed by atoms with Gasteiger partial charge >= 0.3 is 0 Å². The molecule has 0 spiro atoms. The molecule has 0 bridgehead atoms. The van der Waals surface area contributed by atoms with Gasteiger partial charge in [0.05, 0.1) is 6.61 Å². The molecule has 0 amide bonds. The molecule has 0 aliphatic carbocycles. The van der Waals surface area contributed by atoms with Crippen LogP contribution in [0.1, 0.15) is 24.5 Å². The maximum absolute atomic E-state index is 5.98. The quantitative estimate of drug-likeness (QED) is 0.854. The lowest BCUT2D eigenvalue weighted by molar-refractivity contribution is 0.0395. The first-order chi connectivity index (χ1) is 11.8. The van der Waals surface area contributed by atoms with E-state index in [9.17, 15) is 0 Å². The molecule has 2 fully saturated rings. The topological polar surface area (TPSA) is 41.5 Å². The number of hydrogen-bond acceptors (Lipinski definition) is 5. The van der Waals surface area contributed by atoms with E-state index in [4.69, 9.17) is 16.3 Å². The monoisotopic (exact) mass is 344 g/mol. The fourth-order valence-electron chi connectivity index (χ4n) is 3.37. The van der Waals surface area contributed by atoms with Crippen molar-refractivity contribution in [3.05, 3.63) is 47.2 Å². The van der Waals surface area contributed by atoms with Crippen LogP contribution in [0, 0.1) is 0 Å². The van der Waals surface area contributed by atoms with Crippen molar-refractivity contribution in [2.75, 3.05) is 42.6 Å². The molecule has 1 unspecified atom stereocenters. The lowest BCUT2D eigenvalue weighted by Gasteiger charge is -2.34. The number of aromatic nitrogens is 2. The first-order valence-electron chi connectivity index (χ1n) is 8.48. The van der Waals surface area contributed by atoms with Crippen LogP contribution >= 0.6 is 11.6 Å². The van der Waals surface area contributed by atoms with Gasteiger partial charge in [-0.15, -0.1) is 0 Å². The van der Waals surface area contributed by atoms with Gasteiger partial charge in [-0.25, -0.2) is 9.97 Å². The summed E-state index contributed by atoms with van der Waals surface area (Å²) in [6.45, 7) is 4.51. The van der Waals surface area contributed by atoms with E-state index in [2.05, 4.69) is 25.8 Å². The lowest BCUT2D eigenvalue weighted by Crippen LogP contribution is -2.39. The SMILES string of the molecule is Clc1ccc(C2CN(c3cc(N4CCCC4)ncn3)CCO2)cc1. The van der Waals surface area contributed by atoms with E-state index in [1.807, 2.05) is 24.3 Å². The third kappa shape index (κ3) is 3.32. The number of benzene rings is 1. The van der Waals surface area contributed by atoms with Gasteiger partial charge in [-0.3, -0.25) is 0 Å². The Morgan fingerprint density at radius 2 is 1.67 bits per heavy atom. The summed E-state index contributed by atoms with van der Waals surface area (Å²) in [6, 6.07) is 10.00. The highest BCUT2D eigenvalue weighted by atomic mass is 35.5. The maximum Gasteiger partial charge on any atom is 0.134 e. The van der Waals surface area contributed by atoms with Crippen molar-refractivity contribution in [3.8, 4) is 0 Å². The van der Waals surface area contributed by atoms with Crippen molar-refractivity contribution in [2.45, 2.75) is 18.9 Å². The highest BCUT2D eigenvalue weighted by Gasteiger charge is 2.24. The second-order valence-corrected chi connectivity index (χ2v) is 6.72. The zero-order valence-electron chi connectivity index (χ0n) is 13.6. The van der Waals surface area contributed by atoms with E-state index in [0.29, 0.717) is 6.61 Å². The van der Waals surface area contributed by atoms with Gasteiger partial charge in [-0.2, -0.15) is 0 Å². The Kier molecular flexibility index (Phi) is 4.54. The van der Waals surface area contributed by atoms with Crippen LogP contribution in [0.4, 0.5) is 11.6 Å². The average molecular weight is 345 g/mol. The minimum atomic E-state index is 0.0428. The second kappa shape index (κ2) is 6.95. The van der Waals surface area contributed by atoms with E-state index in [-0.39, 0.29) is 6.10 Å². The van der Waals surface area contributed by atoms with Crippen molar-refractivity contribution < 1.29 is 4.74 Å². The van der Waals surface area contributed by atoms with Crippen molar-refractivity contribution in [3.63, 3.8) is 0 Å². The van der Waals surface area contributed by atoms with Gasteiger partial charge in [0.2, 0.25) is 0 Å². The first kappa shape index (κ1) is 15.7. The number of morpholine rings is 1. The minimum absolute atomic E-state index is 0.0428. The summed E-state index contributed by atoms with van der Waals surface area (Å²) >= 11 is 5.98. The predicted molar refractivity (Wildman–Crippen MR) is 95.8 cm³/mol. The predicted octanol–water partition coefficient (Wildman–Crippen LogP) is 3.31.